The van der Waals surface area contributed by atoms with Crippen LogP contribution in [-0.4, -0.2) is 31.6 Å². The number of pyridine rings is 1. The number of para-hydroxylation sites is 1. The molecule has 26 heavy (non-hydrogen) atoms. The van der Waals surface area contributed by atoms with Crippen molar-refractivity contribution < 1.29 is 8.78 Å². The molecular formula is C18H16F2N6. The molecular weight excluding hydrogens is 338 g/mol. The first-order valence-electron chi connectivity index (χ1n) is 8.04. The number of hydrogen-bond donors (Lipinski definition) is 1. The van der Waals surface area contributed by atoms with E-state index in [1.165, 1.54) is 6.20 Å². The lowest BCUT2D eigenvalue weighted by atomic mass is 10.1. The van der Waals surface area contributed by atoms with Gasteiger partial charge in [0.15, 0.2) is 5.65 Å². The van der Waals surface area contributed by atoms with Crippen LogP contribution >= 0.6 is 0 Å². The molecule has 0 atom stereocenters. The summed E-state index contributed by atoms with van der Waals surface area (Å²) < 4.78 is 28.1. The molecule has 0 unspecified atom stereocenters. The van der Waals surface area contributed by atoms with Crippen molar-refractivity contribution in [3.05, 3.63) is 54.4 Å². The van der Waals surface area contributed by atoms with Gasteiger partial charge in [-0.05, 0) is 25.1 Å². The van der Waals surface area contributed by atoms with E-state index in [1.54, 1.807) is 12.3 Å². The highest BCUT2D eigenvalue weighted by Gasteiger charge is 2.18. The molecule has 0 aliphatic carbocycles. The molecule has 6 nitrogen and oxygen atoms in total. The van der Waals surface area contributed by atoms with E-state index in [1.807, 2.05) is 49.0 Å². The summed E-state index contributed by atoms with van der Waals surface area (Å²) in [5.41, 5.74) is 3.62. The second kappa shape index (κ2) is 6.21. The van der Waals surface area contributed by atoms with E-state index in [-0.39, 0.29) is 5.65 Å². The Bertz CT molecular complexity index is 1070. The Labute approximate surface area is 148 Å². The number of alkyl halides is 2. The third-order valence-electron chi connectivity index (χ3n) is 4.21. The molecule has 4 rings (SSSR count). The van der Waals surface area contributed by atoms with Crippen molar-refractivity contribution in [1.29, 1.82) is 0 Å². The van der Waals surface area contributed by atoms with Crippen LogP contribution < -0.4 is 5.32 Å². The van der Waals surface area contributed by atoms with Gasteiger partial charge in [0.2, 0.25) is 0 Å². The van der Waals surface area contributed by atoms with Gasteiger partial charge in [-0.2, -0.15) is 13.9 Å². The summed E-state index contributed by atoms with van der Waals surface area (Å²) in [6.45, 7) is -0.733. The molecule has 0 spiro atoms. The van der Waals surface area contributed by atoms with E-state index in [9.17, 15) is 8.78 Å². The number of halogens is 2. The molecule has 1 N–H and O–H groups in total. The first kappa shape index (κ1) is 16.2. The second-order valence-electron chi connectivity index (χ2n) is 5.84. The molecule has 3 aromatic heterocycles. The van der Waals surface area contributed by atoms with Gasteiger partial charge in [0.05, 0.1) is 11.4 Å². The van der Waals surface area contributed by atoms with Crippen molar-refractivity contribution in [3.8, 4) is 16.9 Å². The topological polar surface area (TPSA) is 60.6 Å². The minimum absolute atomic E-state index is 0.281. The van der Waals surface area contributed by atoms with Crippen molar-refractivity contribution in [1.82, 2.24) is 24.5 Å². The smallest absolute Gasteiger partial charge is 0.333 e. The number of nitrogens with zero attached hydrogens (tertiary/aromatic N) is 5. The van der Waals surface area contributed by atoms with E-state index in [4.69, 9.17) is 5.10 Å². The first-order valence-corrected chi connectivity index (χ1v) is 8.04. The molecule has 1 aromatic carbocycles. The van der Waals surface area contributed by atoms with Crippen LogP contribution in [0, 0.1) is 6.92 Å². The molecule has 132 valence electrons. The minimum atomic E-state index is -2.69. The van der Waals surface area contributed by atoms with Crippen LogP contribution in [-0.2, 0) is 0 Å². The highest BCUT2D eigenvalue weighted by Crippen LogP contribution is 2.31. The third-order valence-corrected chi connectivity index (χ3v) is 4.21. The average Bonchev–Trinajstić information content (AvgIpc) is 3.22. The Morgan fingerprint density at radius 2 is 1.88 bits per heavy atom. The van der Waals surface area contributed by atoms with Gasteiger partial charge in [-0.15, -0.1) is 5.10 Å². The lowest BCUT2D eigenvalue weighted by molar-refractivity contribution is 0.0573. The molecule has 8 heteroatoms. The van der Waals surface area contributed by atoms with Crippen molar-refractivity contribution in [2.24, 2.45) is 0 Å². The van der Waals surface area contributed by atoms with Crippen LogP contribution in [0.3, 0.4) is 0 Å². The predicted molar refractivity (Wildman–Crippen MR) is 95.6 cm³/mol. The normalized spacial score (nSPS) is 11.4. The summed E-state index contributed by atoms with van der Waals surface area (Å²) in [7, 11) is 1.83. The van der Waals surface area contributed by atoms with Gasteiger partial charge < -0.3 is 5.32 Å². The maximum absolute atomic E-state index is 12.8. The monoisotopic (exact) mass is 354 g/mol. The van der Waals surface area contributed by atoms with Crippen LogP contribution in [0.5, 0.6) is 0 Å². The molecule has 0 aliphatic heterocycles. The Balaban J connectivity index is 1.85. The summed E-state index contributed by atoms with van der Waals surface area (Å²) in [4.78, 5) is 4.20. The fraction of sp³-hybridized carbons (Fsp3) is 0.167. The number of anilines is 1. The highest BCUT2D eigenvalue weighted by molar-refractivity contribution is 5.81. The van der Waals surface area contributed by atoms with Crippen molar-refractivity contribution in [2.75, 3.05) is 12.4 Å². The Hall–Kier alpha value is -3.29. The van der Waals surface area contributed by atoms with Crippen LogP contribution in [0.1, 0.15) is 12.1 Å². The van der Waals surface area contributed by atoms with Gasteiger partial charge in [0.25, 0.3) is 0 Å². The summed E-state index contributed by atoms with van der Waals surface area (Å²) in [5, 5.41) is 12.2. The lowest BCUT2D eigenvalue weighted by Crippen LogP contribution is -2.02. The summed E-state index contributed by atoms with van der Waals surface area (Å²) in [5.74, 6) is 0.856. The van der Waals surface area contributed by atoms with Crippen molar-refractivity contribution in [3.63, 3.8) is 0 Å². The highest BCUT2D eigenvalue weighted by atomic mass is 19.3. The Kier molecular flexibility index (Phi) is 3.87. The number of benzene rings is 1. The van der Waals surface area contributed by atoms with E-state index >= 15 is 0 Å². The molecule has 0 amide bonds. The predicted octanol–water partition coefficient (Wildman–Crippen LogP) is 4.03. The maximum atomic E-state index is 12.8. The van der Waals surface area contributed by atoms with Crippen LogP contribution in [0.15, 0.2) is 48.8 Å². The van der Waals surface area contributed by atoms with Crippen molar-refractivity contribution in [2.45, 2.75) is 13.5 Å². The zero-order chi connectivity index (χ0) is 18.3. The van der Waals surface area contributed by atoms with Crippen LogP contribution in [0.2, 0.25) is 0 Å². The Morgan fingerprint density at radius 1 is 1.12 bits per heavy atom. The van der Waals surface area contributed by atoms with Gasteiger partial charge in [-0.1, -0.05) is 18.2 Å². The van der Waals surface area contributed by atoms with Crippen LogP contribution in [0.4, 0.5) is 14.6 Å². The molecule has 0 fully saturated rings. The molecule has 0 saturated heterocycles. The van der Waals surface area contributed by atoms with Gasteiger partial charge in [0, 0.05) is 36.0 Å². The molecule has 0 bridgehead atoms. The van der Waals surface area contributed by atoms with Crippen LogP contribution in [0.25, 0.3) is 28.0 Å². The number of fused-ring (bicyclic) bond motifs is 1. The summed E-state index contributed by atoms with van der Waals surface area (Å²) >= 11 is 0. The van der Waals surface area contributed by atoms with E-state index in [2.05, 4.69) is 15.4 Å². The summed E-state index contributed by atoms with van der Waals surface area (Å²) in [6, 6.07) is 11.5. The van der Waals surface area contributed by atoms with Gasteiger partial charge in [-0.3, -0.25) is 0 Å². The SMILES string of the molecule is CNc1c(C)c(-c2cnc3nn(C(F)F)cc3c2)nn1-c1ccccc1. The van der Waals surface area contributed by atoms with E-state index < -0.39 is 6.55 Å². The number of aromatic nitrogens is 5. The van der Waals surface area contributed by atoms with E-state index in [0.717, 1.165) is 28.3 Å². The number of nitrogens with one attached hydrogen (secondary N) is 1. The average molecular weight is 354 g/mol. The minimum Gasteiger partial charge on any atom is -0.373 e. The molecule has 4 aromatic rings. The zero-order valence-electron chi connectivity index (χ0n) is 14.2. The molecule has 0 radical (unpaired) electrons. The maximum Gasteiger partial charge on any atom is 0.333 e. The second-order valence-corrected chi connectivity index (χ2v) is 5.84. The fourth-order valence-electron chi connectivity index (χ4n) is 2.98. The lowest BCUT2D eigenvalue weighted by Gasteiger charge is -2.06. The van der Waals surface area contributed by atoms with Gasteiger partial charge in [0.1, 0.15) is 5.82 Å². The van der Waals surface area contributed by atoms with E-state index in [0.29, 0.717) is 10.1 Å². The standard InChI is InChI=1S/C18H16F2N6/c1-11-15(23-26(17(11)21-2)14-6-4-3-5-7-14)12-8-13-10-25(18(19)20)24-16(13)22-9-12/h3-10,18,21H,1-2H3. The van der Waals surface area contributed by atoms with Crippen molar-refractivity contribution >= 4 is 16.9 Å². The largest absolute Gasteiger partial charge is 0.373 e. The molecule has 0 saturated carbocycles. The fourth-order valence-corrected chi connectivity index (χ4v) is 2.98. The van der Waals surface area contributed by atoms with Gasteiger partial charge >= 0.3 is 6.55 Å². The quantitative estimate of drug-likeness (QED) is 0.601. The summed E-state index contributed by atoms with van der Waals surface area (Å²) in [6.07, 6.45) is 2.90. The Morgan fingerprint density at radius 3 is 2.58 bits per heavy atom. The number of hydrogen-bond acceptors (Lipinski definition) is 4. The first-order chi connectivity index (χ1) is 12.6. The third kappa shape index (κ3) is 2.59. The zero-order valence-corrected chi connectivity index (χ0v) is 14.2. The van der Waals surface area contributed by atoms with Gasteiger partial charge in [-0.25, -0.2) is 14.3 Å². The number of rotatable bonds is 4. The molecule has 0 aliphatic rings. The molecule has 3 heterocycles.